The highest BCUT2D eigenvalue weighted by Gasteiger charge is 2.14. The summed E-state index contributed by atoms with van der Waals surface area (Å²) in [5.41, 5.74) is 0.196. The quantitative estimate of drug-likeness (QED) is 0.478. The molecule has 0 spiro atoms. The number of benzene rings is 2. The second kappa shape index (κ2) is 11.1. The van der Waals surface area contributed by atoms with E-state index in [1.54, 1.807) is 13.8 Å². The molecule has 2 aromatic carbocycles. The lowest BCUT2D eigenvalue weighted by molar-refractivity contribution is -0.114. The highest BCUT2D eigenvalue weighted by molar-refractivity contribution is 9.11. The maximum absolute atomic E-state index is 9.56. The van der Waals surface area contributed by atoms with E-state index in [0.717, 1.165) is 19.0 Å². The molecule has 0 atom stereocenters. The molecule has 0 saturated carbocycles. The number of hydrogen-bond donors (Lipinski definition) is 1. The lowest BCUT2D eigenvalue weighted by atomic mass is 9.99. The third kappa shape index (κ3) is 12.6. The molecular weight excluding hydrogens is 488 g/mol. The van der Waals surface area contributed by atoms with Gasteiger partial charge < -0.3 is 9.90 Å². The van der Waals surface area contributed by atoms with E-state index in [1.807, 2.05) is 48.5 Å². The fourth-order valence-corrected chi connectivity index (χ4v) is 2.08. The third-order valence-corrected chi connectivity index (χ3v) is 3.94. The smallest absolute Gasteiger partial charge is 0.126 e. The normalized spacial score (nSPS) is 9.91. The molecule has 0 aliphatic carbocycles. The van der Waals surface area contributed by atoms with E-state index < -0.39 is 5.60 Å². The summed E-state index contributed by atoms with van der Waals surface area (Å²) in [5.74, 6) is 0.167. The summed E-state index contributed by atoms with van der Waals surface area (Å²) < 4.78 is 3.26. The van der Waals surface area contributed by atoms with E-state index in [4.69, 9.17) is 0 Å². The Morgan fingerprint density at radius 3 is 1.22 bits per heavy atom. The number of halogens is 3. The molecule has 0 unspecified atom stereocenters. The van der Waals surface area contributed by atoms with Crippen LogP contribution in [0.25, 0.3) is 0 Å². The van der Waals surface area contributed by atoms with Gasteiger partial charge in [0, 0.05) is 13.4 Å². The highest BCUT2D eigenvalue weighted by atomic mass is 79.9. The third-order valence-electron chi connectivity index (χ3n) is 2.35. The summed E-state index contributed by atoms with van der Waals surface area (Å²) in [6.07, 6.45) is 0. The van der Waals surface area contributed by atoms with Crippen LogP contribution in [-0.2, 0) is 10.4 Å². The minimum Gasteiger partial charge on any atom is -0.386 e. The van der Waals surface area contributed by atoms with Crippen molar-refractivity contribution in [1.29, 1.82) is 0 Å². The van der Waals surface area contributed by atoms with E-state index in [0.29, 0.717) is 0 Å². The topological polar surface area (TPSA) is 37.3 Å². The second-order valence-corrected chi connectivity index (χ2v) is 8.16. The van der Waals surface area contributed by atoms with Crippen LogP contribution in [0.2, 0.25) is 0 Å². The second-order valence-electron chi connectivity index (χ2n) is 5.41. The highest BCUT2D eigenvalue weighted by Crippen LogP contribution is 2.21. The van der Waals surface area contributed by atoms with E-state index in [-0.39, 0.29) is 5.78 Å². The van der Waals surface area contributed by atoms with Crippen molar-refractivity contribution in [3.05, 3.63) is 67.5 Å². The van der Waals surface area contributed by atoms with E-state index in [2.05, 4.69) is 47.8 Å². The molecule has 0 amide bonds. The van der Waals surface area contributed by atoms with Crippen LogP contribution in [0, 0.1) is 0 Å². The van der Waals surface area contributed by atoms with Gasteiger partial charge in [-0.3, -0.25) is 0 Å². The van der Waals surface area contributed by atoms with Crippen LogP contribution in [0.4, 0.5) is 0 Å². The van der Waals surface area contributed by atoms with E-state index in [9.17, 15) is 9.90 Å². The Bertz CT molecular complexity index is 560. The summed E-state index contributed by atoms with van der Waals surface area (Å²) in [6, 6.07) is 15.6. The molecule has 0 aromatic heterocycles. The fraction of sp³-hybridized carbons (Fsp3) is 0.278. The predicted octanol–water partition coefficient (Wildman–Crippen LogP) is 6.48. The largest absolute Gasteiger partial charge is 0.386 e. The van der Waals surface area contributed by atoms with Gasteiger partial charge in [0.25, 0.3) is 0 Å². The molecule has 0 fully saturated rings. The van der Waals surface area contributed by atoms with Crippen molar-refractivity contribution >= 4 is 53.6 Å². The number of carbonyl (C=O) groups excluding carboxylic acids is 1. The van der Waals surface area contributed by atoms with Gasteiger partial charge in [-0.15, -0.1) is 0 Å². The Labute approximate surface area is 163 Å². The van der Waals surface area contributed by atoms with Crippen LogP contribution in [0.5, 0.6) is 0 Å². The van der Waals surface area contributed by atoms with Crippen LogP contribution in [0.1, 0.15) is 33.3 Å². The predicted molar refractivity (Wildman–Crippen MR) is 108 cm³/mol. The van der Waals surface area contributed by atoms with Gasteiger partial charge in [-0.05, 0) is 69.7 Å². The van der Waals surface area contributed by atoms with E-state index >= 15 is 0 Å². The number of hydrogen-bond acceptors (Lipinski definition) is 2. The zero-order valence-electron chi connectivity index (χ0n) is 13.6. The Hall–Kier alpha value is -0.490. The molecule has 2 aromatic rings. The average Bonchev–Trinajstić information content (AvgIpc) is 2.42. The van der Waals surface area contributed by atoms with Crippen molar-refractivity contribution in [2.45, 2.75) is 33.3 Å². The van der Waals surface area contributed by atoms with Crippen LogP contribution in [-0.4, -0.2) is 10.9 Å². The molecule has 1 N–H and O–H groups in total. The number of rotatable bonds is 1. The van der Waals surface area contributed by atoms with Crippen molar-refractivity contribution < 1.29 is 9.90 Å². The van der Waals surface area contributed by atoms with Crippen molar-refractivity contribution in [3.8, 4) is 0 Å². The Morgan fingerprint density at radius 2 is 1.00 bits per heavy atom. The summed E-state index contributed by atoms with van der Waals surface area (Å²) in [4.78, 5) is 9.44. The molecule has 0 aliphatic rings. The minimum absolute atomic E-state index is 0.167. The molecule has 0 bridgehead atoms. The van der Waals surface area contributed by atoms with Gasteiger partial charge in [0.1, 0.15) is 5.78 Å². The van der Waals surface area contributed by atoms with Gasteiger partial charge in [-0.2, -0.15) is 0 Å². The van der Waals surface area contributed by atoms with Crippen molar-refractivity contribution in [2.24, 2.45) is 0 Å². The zero-order chi connectivity index (χ0) is 18.0. The lowest BCUT2D eigenvalue weighted by Crippen LogP contribution is -2.14. The van der Waals surface area contributed by atoms with Crippen LogP contribution >= 0.6 is 47.8 Å². The molecular formula is C18H21Br3O2. The molecule has 0 saturated heterocycles. The molecule has 0 aliphatic heterocycles. The standard InChI is InChI=1S/C9H11BrO.C6H4Br2.C3H6O/c1-9(2,11)7-3-5-8(10)6-4-7;7-5-1-2-6(8)4-3-5;1-3(2)4/h3-6,11H,1-2H3;1-4H;1-2H3. The van der Waals surface area contributed by atoms with Gasteiger partial charge in [0.2, 0.25) is 0 Å². The lowest BCUT2D eigenvalue weighted by Gasteiger charge is -2.17. The monoisotopic (exact) mass is 506 g/mol. The number of aliphatic hydroxyl groups is 1. The minimum atomic E-state index is -0.735. The van der Waals surface area contributed by atoms with Gasteiger partial charge in [-0.1, -0.05) is 59.9 Å². The molecule has 5 heteroatoms. The summed E-state index contributed by atoms with van der Waals surface area (Å²) in [5, 5.41) is 9.56. The van der Waals surface area contributed by atoms with Crippen molar-refractivity contribution in [1.82, 2.24) is 0 Å². The fourth-order valence-electron chi connectivity index (χ4n) is 1.29. The van der Waals surface area contributed by atoms with Crippen LogP contribution < -0.4 is 0 Å². The van der Waals surface area contributed by atoms with Gasteiger partial charge in [0.15, 0.2) is 0 Å². The Balaban J connectivity index is 0.000000354. The maximum Gasteiger partial charge on any atom is 0.126 e. The first-order chi connectivity index (χ1) is 10.5. The summed E-state index contributed by atoms with van der Waals surface area (Å²) in [6.45, 7) is 6.60. The molecule has 126 valence electrons. The Morgan fingerprint density at radius 1 is 0.783 bits per heavy atom. The van der Waals surface area contributed by atoms with Gasteiger partial charge >= 0.3 is 0 Å². The zero-order valence-corrected chi connectivity index (χ0v) is 18.4. The first-order valence-electron chi connectivity index (χ1n) is 6.89. The van der Waals surface area contributed by atoms with Crippen LogP contribution in [0.15, 0.2) is 61.9 Å². The number of carbonyl (C=O) groups is 1. The van der Waals surface area contributed by atoms with E-state index in [1.165, 1.54) is 13.8 Å². The number of ketones is 1. The molecule has 2 nitrogen and oxygen atoms in total. The molecule has 0 heterocycles. The van der Waals surface area contributed by atoms with Gasteiger partial charge in [0.05, 0.1) is 5.60 Å². The van der Waals surface area contributed by atoms with Crippen molar-refractivity contribution in [3.63, 3.8) is 0 Å². The maximum atomic E-state index is 9.56. The molecule has 2 rings (SSSR count). The van der Waals surface area contributed by atoms with Crippen LogP contribution in [0.3, 0.4) is 0 Å². The summed E-state index contributed by atoms with van der Waals surface area (Å²) >= 11 is 9.98. The first kappa shape index (κ1) is 22.5. The van der Waals surface area contributed by atoms with Crippen molar-refractivity contribution in [2.75, 3.05) is 0 Å². The first-order valence-corrected chi connectivity index (χ1v) is 9.27. The molecule has 23 heavy (non-hydrogen) atoms. The Kier molecular flexibility index (Phi) is 10.9. The average molecular weight is 509 g/mol. The van der Waals surface area contributed by atoms with Gasteiger partial charge in [-0.25, -0.2) is 0 Å². The molecule has 0 radical (unpaired) electrons. The summed E-state index contributed by atoms with van der Waals surface area (Å²) in [7, 11) is 0. The number of Topliss-reactive ketones (excluding diaryl/α,β-unsaturated/α-hetero) is 1. The SMILES string of the molecule is Brc1ccc(Br)cc1.CC(C)(O)c1ccc(Br)cc1.CC(C)=O.